The molecular weight excluding hydrogens is 294 g/mol. The Morgan fingerprint density at radius 1 is 1.39 bits per heavy atom. The van der Waals surface area contributed by atoms with Gasteiger partial charge >= 0.3 is 0 Å². The van der Waals surface area contributed by atoms with E-state index in [2.05, 4.69) is 21.2 Å². The SMILES string of the molecule is CC(C)(C)NC(=O)CCCOc1cccc(Br)c1. The van der Waals surface area contributed by atoms with Crippen molar-refractivity contribution < 1.29 is 9.53 Å². The molecule has 0 fully saturated rings. The van der Waals surface area contributed by atoms with Crippen LogP contribution in [0.25, 0.3) is 0 Å². The van der Waals surface area contributed by atoms with Crippen LogP contribution >= 0.6 is 15.9 Å². The van der Waals surface area contributed by atoms with Gasteiger partial charge in [0.1, 0.15) is 5.75 Å². The highest BCUT2D eigenvalue weighted by atomic mass is 79.9. The standard InChI is InChI=1S/C14H20BrNO2/c1-14(2,3)16-13(17)8-5-9-18-12-7-4-6-11(15)10-12/h4,6-7,10H,5,8-9H2,1-3H3,(H,16,17). The second-order valence-electron chi connectivity index (χ2n) is 5.21. The summed E-state index contributed by atoms with van der Waals surface area (Å²) in [6.45, 7) is 6.47. The van der Waals surface area contributed by atoms with E-state index in [1.54, 1.807) is 0 Å². The van der Waals surface area contributed by atoms with E-state index < -0.39 is 0 Å². The highest BCUT2D eigenvalue weighted by molar-refractivity contribution is 9.10. The number of nitrogens with one attached hydrogen (secondary N) is 1. The van der Waals surface area contributed by atoms with Gasteiger partial charge in [0.2, 0.25) is 5.91 Å². The highest BCUT2D eigenvalue weighted by Gasteiger charge is 2.12. The Kier molecular flexibility index (Phi) is 5.66. The summed E-state index contributed by atoms with van der Waals surface area (Å²) >= 11 is 3.38. The molecular formula is C14H20BrNO2. The zero-order valence-corrected chi connectivity index (χ0v) is 12.7. The normalized spacial score (nSPS) is 11.1. The first-order chi connectivity index (χ1) is 8.37. The Morgan fingerprint density at radius 2 is 2.11 bits per heavy atom. The van der Waals surface area contributed by atoms with Crippen LogP contribution in [0, 0.1) is 0 Å². The molecule has 0 aliphatic carbocycles. The number of benzene rings is 1. The summed E-state index contributed by atoms with van der Waals surface area (Å²) in [5.74, 6) is 0.890. The fourth-order valence-electron chi connectivity index (χ4n) is 1.46. The van der Waals surface area contributed by atoms with Crippen LogP contribution in [0.3, 0.4) is 0 Å². The first-order valence-electron chi connectivity index (χ1n) is 6.06. The molecule has 1 N–H and O–H groups in total. The van der Waals surface area contributed by atoms with Gasteiger partial charge in [0.05, 0.1) is 6.61 Å². The number of carbonyl (C=O) groups excluding carboxylic acids is 1. The molecule has 0 bridgehead atoms. The van der Waals surface area contributed by atoms with Gasteiger partial charge in [-0.05, 0) is 45.4 Å². The molecule has 1 aromatic rings. The van der Waals surface area contributed by atoms with Gasteiger partial charge < -0.3 is 10.1 Å². The second kappa shape index (κ2) is 6.78. The lowest BCUT2D eigenvalue weighted by Gasteiger charge is -2.20. The van der Waals surface area contributed by atoms with Crippen molar-refractivity contribution in [2.45, 2.75) is 39.2 Å². The molecule has 18 heavy (non-hydrogen) atoms. The Balaban J connectivity index is 2.21. The van der Waals surface area contributed by atoms with E-state index in [1.807, 2.05) is 45.0 Å². The van der Waals surface area contributed by atoms with E-state index in [9.17, 15) is 4.79 Å². The van der Waals surface area contributed by atoms with Gasteiger partial charge in [-0.25, -0.2) is 0 Å². The van der Waals surface area contributed by atoms with Crippen LogP contribution < -0.4 is 10.1 Å². The van der Waals surface area contributed by atoms with E-state index >= 15 is 0 Å². The Bertz CT molecular complexity index is 399. The zero-order valence-electron chi connectivity index (χ0n) is 11.1. The van der Waals surface area contributed by atoms with Crippen molar-refractivity contribution in [1.29, 1.82) is 0 Å². The molecule has 0 spiro atoms. The Morgan fingerprint density at radius 3 is 2.72 bits per heavy atom. The van der Waals surface area contributed by atoms with Gasteiger partial charge in [-0.3, -0.25) is 4.79 Å². The van der Waals surface area contributed by atoms with Crippen molar-refractivity contribution in [2.75, 3.05) is 6.61 Å². The van der Waals surface area contributed by atoms with Gasteiger partial charge in [-0.15, -0.1) is 0 Å². The number of halogens is 1. The Hall–Kier alpha value is -1.03. The molecule has 0 radical (unpaired) electrons. The summed E-state index contributed by atoms with van der Waals surface area (Å²) in [7, 11) is 0. The van der Waals surface area contributed by atoms with Crippen LogP contribution in [0.5, 0.6) is 5.75 Å². The lowest BCUT2D eigenvalue weighted by molar-refractivity contribution is -0.122. The molecule has 0 heterocycles. The van der Waals surface area contributed by atoms with Crippen molar-refractivity contribution in [3.05, 3.63) is 28.7 Å². The summed E-state index contributed by atoms with van der Waals surface area (Å²) in [6, 6.07) is 7.69. The summed E-state index contributed by atoms with van der Waals surface area (Å²) in [5, 5.41) is 2.92. The first-order valence-corrected chi connectivity index (χ1v) is 6.85. The molecule has 1 amide bonds. The fraction of sp³-hybridized carbons (Fsp3) is 0.500. The molecule has 3 nitrogen and oxygen atoms in total. The van der Waals surface area contributed by atoms with Gasteiger partial charge in [-0.2, -0.15) is 0 Å². The topological polar surface area (TPSA) is 38.3 Å². The smallest absolute Gasteiger partial charge is 0.220 e. The third-order valence-corrected chi connectivity index (χ3v) is 2.62. The molecule has 0 saturated heterocycles. The highest BCUT2D eigenvalue weighted by Crippen LogP contribution is 2.17. The van der Waals surface area contributed by atoms with E-state index in [4.69, 9.17) is 4.74 Å². The predicted octanol–water partition coefficient (Wildman–Crippen LogP) is 3.52. The van der Waals surface area contributed by atoms with Gasteiger partial charge in [0.15, 0.2) is 0 Å². The lowest BCUT2D eigenvalue weighted by Crippen LogP contribution is -2.40. The number of ether oxygens (including phenoxy) is 1. The van der Waals surface area contributed by atoms with Gasteiger partial charge in [0, 0.05) is 16.4 Å². The summed E-state index contributed by atoms with van der Waals surface area (Å²) < 4.78 is 6.55. The summed E-state index contributed by atoms with van der Waals surface area (Å²) in [6.07, 6.45) is 1.21. The number of carbonyl (C=O) groups is 1. The second-order valence-corrected chi connectivity index (χ2v) is 6.12. The van der Waals surface area contributed by atoms with Crippen LogP contribution in [0.4, 0.5) is 0 Å². The van der Waals surface area contributed by atoms with Crippen LogP contribution in [0.2, 0.25) is 0 Å². The third kappa shape index (κ3) is 6.64. The average Bonchev–Trinajstić information content (AvgIpc) is 2.22. The van der Waals surface area contributed by atoms with Crippen molar-refractivity contribution in [3.8, 4) is 5.75 Å². The van der Waals surface area contributed by atoms with E-state index in [-0.39, 0.29) is 11.4 Å². The van der Waals surface area contributed by atoms with Gasteiger partial charge in [0.25, 0.3) is 0 Å². The van der Waals surface area contributed by atoms with Crippen LogP contribution in [-0.2, 0) is 4.79 Å². The molecule has 0 unspecified atom stereocenters. The molecule has 4 heteroatoms. The maximum Gasteiger partial charge on any atom is 0.220 e. The van der Waals surface area contributed by atoms with E-state index in [0.29, 0.717) is 19.4 Å². The minimum Gasteiger partial charge on any atom is -0.494 e. The number of hydrogen-bond acceptors (Lipinski definition) is 2. The molecule has 0 aliphatic heterocycles. The van der Waals surface area contributed by atoms with Crippen molar-refractivity contribution in [2.24, 2.45) is 0 Å². The molecule has 0 aromatic heterocycles. The van der Waals surface area contributed by atoms with E-state index in [1.165, 1.54) is 0 Å². The lowest BCUT2D eigenvalue weighted by atomic mass is 10.1. The average molecular weight is 314 g/mol. The fourth-order valence-corrected chi connectivity index (χ4v) is 1.84. The minimum atomic E-state index is -0.164. The zero-order chi connectivity index (χ0) is 13.6. The largest absolute Gasteiger partial charge is 0.494 e. The predicted molar refractivity (Wildman–Crippen MR) is 76.8 cm³/mol. The quantitative estimate of drug-likeness (QED) is 0.845. The van der Waals surface area contributed by atoms with Gasteiger partial charge in [-0.1, -0.05) is 22.0 Å². The number of amides is 1. The molecule has 0 saturated carbocycles. The number of rotatable bonds is 5. The summed E-state index contributed by atoms with van der Waals surface area (Å²) in [5.41, 5.74) is -0.164. The molecule has 100 valence electrons. The Labute approximate surface area is 117 Å². The first kappa shape index (κ1) is 15.0. The number of hydrogen-bond donors (Lipinski definition) is 1. The summed E-state index contributed by atoms with van der Waals surface area (Å²) in [4.78, 5) is 11.5. The van der Waals surface area contributed by atoms with Crippen molar-refractivity contribution in [1.82, 2.24) is 5.32 Å². The van der Waals surface area contributed by atoms with Crippen LogP contribution in [0.1, 0.15) is 33.6 Å². The van der Waals surface area contributed by atoms with E-state index in [0.717, 1.165) is 10.2 Å². The maximum atomic E-state index is 11.5. The van der Waals surface area contributed by atoms with Crippen molar-refractivity contribution in [3.63, 3.8) is 0 Å². The van der Waals surface area contributed by atoms with Crippen molar-refractivity contribution >= 4 is 21.8 Å². The maximum absolute atomic E-state index is 11.5. The molecule has 0 atom stereocenters. The van der Waals surface area contributed by atoms with Crippen LogP contribution in [0.15, 0.2) is 28.7 Å². The molecule has 1 rings (SSSR count). The minimum absolute atomic E-state index is 0.0698. The molecule has 0 aliphatic rings. The third-order valence-electron chi connectivity index (χ3n) is 2.13. The monoisotopic (exact) mass is 313 g/mol. The molecule has 1 aromatic carbocycles. The van der Waals surface area contributed by atoms with Crippen LogP contribution in [-0.4, -0.2) is 18.1 Å².